The molecule has 0 heterocycles. The highest BCUT2D eigenvalue weighted by Gasteiger charge is 2.51. The molecule has 1 aliphatic rings. The first-order valence-corrected chi connectivity index (χ1v) is 27.6. The van der Waals surface area contributed by atoms with Crippen molar-refractivity contribution >= 4 is 19.8 Å². The second kappa shape index (κ2) is 42.4. The highest BCUT2D eigenvalue weighted by molar-refractivity contribution is 7.47. The number of carbonyl (C=O) groups is 2. The second-order valence-electron chi connectivity index (χ2n) is 18.1. The Bertz CT molecular complexity index is 1400. The second-order valence-corrected chi connectivity index (χ2v) is 19.5. The fraction of sp³-hybridized carbons (Fsp3) is 0.774. The molecule has 0 saturated heterocycles. The first-order chi connectivity index (χ1) is 32.4. The first kappa shape index (κ1) is 62.6. The number of allylic oxidation sites excluding steroid dienone is 10. The number of phosphoric acid groups is 1. The van der Waals surface area contributed by atoms with Crippen LogP contribution in [0.25, 0.3) is 0 Å². The van der Waals surface area contributed by atoms with E-state index in [1.807, 2.05) is 42.5 Å². The minimum absolute atomic E-state index is 0.0423. The van der Waals surface area contributed by atoms with E-state index >= 15 is 0 Å². The lowest BCUT2D eigenvalue weighted by Crippen LogP contribution is -2.64. The minimum atomic E-state index is -5.14. The van der Waals surface area contributed by atoms with E-state index < -0.39 is 75.7 Å². The van der Waals surface area contributed by atoms with Crippen LogP contribution in [0.1, 0.15) is 206 Å². The van der Waals surface area contributed by atoms with E-state index in [0.717, 1.165) is 51.4 Å². The average Bonchev–Trinajstić information content (AvgIpc) is 3.31. The molecule has 0 aromatic carbocycles. The third-order valence-electron chi connectivity index (χ3n) is 11.9. The Kier molecular flexibility index (Phi) is 39.6. The number of phosphoric ester groups is 1. The molecule has 1 saturated carbocycles. The molecule has 1 fully saturated rings. The summed E-state index contributed by atoms with van der Waals surface area (Å²) in [5.41, 5.74) is 0. The van der Waals surface area contributed by atoms with Crippen LogP contribution in [0.15, 0.2) is 60.8 Å². The molecule has 0 aromatic heterocycles. The van der Waals surface area contributed by atoms with Crippen LogP contribution in [-0.4, -0.2) is 98.3 Å². The zero-order valence-corrected chi connectivity index (χ0v) is 42.3. The lowest BCUT2D eigenvalue weighted by atomic mass is 9.85. The molecule has 14 heteroatoms. The van der Waals surface area contributed by atoms with Crippen LogP contribution in [-0.2, 0) is 32.7 Å². The number of rotatable bonds is 43. The van der Waals surface area contributed by atoms with E-state index in [1.165, 1.54) is 109 Å². The van der Waals surface area contributed by atoms with Gasteiger partial charge in [-0.15, -0.1) is 0 Å². The fourth-order valence-electron chi connectivity index (χ4n) is 7.77. The van der Waals surface area contributed by atoms with E-state index in [-0.39, 0.29) is 12.8 Å². The number of hydrogen-bond donors (Lipinski definition) is 6. The van der Waals surface area contributed by atoms with Gasteiger partial charge in [0.05, 0.1) is 6.61 Å². The molecule has 0 aliphatic heterocycles. The molecular formula is C53H93O13P. The molecule has 0 aromatic rings. The number of aliphatic hydroxyl groups is 5. The molecule has 8 atom stereocenters. The van der Waals surface area contributed by atoms with Gasteiger partial charge in [-0.3, -0.25) is 18.6 Å². The van der Waals surface area contributed by atoms with Gasteiger partial charge in [-0.05, 0) is 51.4 Å². The molecule has 1 aliphatic carbocycles. The topological polar surface area (TPSA) is 210 Å². The van der Waals surface area contributed by atoms with E-state index in [2.05, 4.69) is 32.1 Å². The zero-order valence-electron chi connectivity index (χ0n) is 41.4. The van der Waals surface area contributed by atoms with E-state index in [1.54, 1.807) is 0 Å². The quantitative estimate of drug-likeness (QED) is 0.0111. The van der Waals surface area contributed by atoms with Crippen LogP contribution in [0, 0.1) is 0 Å². The van der Waals surface area contributed by atoms with Gasteiger partial charge in [0.2, 0.25) is 0 Å². The van der Waals surface area contributed by atoms with Gasteiger partial charge in [0.25, 0.3) is 0 Å². The Morgan fingerprint density at radius 2 is 0.881 bits per heavy atom. The Morgan fingerprint density at radius 1 is 0.478 bits per heavy atom. The van der Waals surface area contributed by atoms with Crippen molar-refractivity contribution in [3.8, 4) is 0 Å². The summed E-state index contributed by atoms with van der Waals surface area (Å²) in [4.78, 5) is 35.8. The number of carbonyl (C=O) groups excluding carboxylic acids is 2. The lowest BCUT2D eigenvalue weighted by Gasteiger charge is -2.41. The van der Waals surface area contributed by atoms with Gasteiger partial charge in [0.1, 0.15) is 43.2 Å². The Labute approximate surface area is 404 Å². The number of unbranched alkanes of at least 4 members (excludes halogenated alkanes) is 24. The Morgan fingerprint density at radius 3 is 1.39 bits per heavy atom. The van der Waals surface area contributed by atoms with Crippen molar-refractivity contribution in [2.45, 2.75) is 249 Å². The van der Waals surface area contributed by atoms with Crippen LogP contribution >= 0.6 is 7.82 Å². The summed E-state index contributed by atoms with van der Waals surface area (Å²) in [7, 11) is -5.14. The first-order valence-electron chi connectivity index (χ1n) is 26.1. The van der Waals surface area contributed by atoms with Crippen molar-refractivity contribution in [3.05, 3.63) is 60.8 Å². The highest BCUT2D eigenvalue weighted by Crippen LogP contribution is 2.47. The molecule has 0 spiro atoms. The molecule has 6 unspecified atom stereocenters. The van der Waals surface area contributed by atoms with Gasteiger partial charge in [0, 0.05) is 12.8 Å². The lowest BCUT2D eigenvalue weighted by molar-refractivity contribution is -0.220. The summed E-state index contributed by atoms with van der Waals surface area (Å²) in [6.45, 7) is 3.14. The van der Waals surface area contributed by atoms with Crippen molar-refractivity contribution in [1.82, 2.24) is 0 Å². The average molecular weight is 969 g/mol. The molecule has 1 rings (SSSR count). The van der Waals surface area contributed by atoms with Gasteiger partial charge in [-0.1, -0.05) is 203 Å². The summed E-state index contributed by atoms with van der Waals surface area (Å²) in [5.74, 6) is -1.16. The molecule has 0 bridgehead atoms. The SMILES string of the molecule is CC/C=C/C=C/C=C/C=C/CCCCCCCC(=O)OC[C@H](COP(=O)(O)OC1C(O)C(O)C(O)[C@@H](O)C1O)OC(=O)CCC/C=C/CCCCCCCCCCCCCCCCCCCC. The number of ether oxygens (including phenoxy) is 2. The van der Waals surface area contributed by atoms with E-state index in [0.29, 0.717) is 19.3 Å². The van der Waals surface area contributed by atoms with Crippen LogP contribution in [0.5, 0.6) is 0 Å². The van der Waals surface area contributed by atoms with Crippen molar-refractivity contribution in [2.75, 3.05) is 13.2 Å². The van der Waals surface area contributed by atoms with E-state index in [9.17, 15) is 44.6 Å². The predicted molar refractivity (Wildman–Crippen MR) is 267 cm³/mol. The van der Waals surface area contributed by atoms with Gasteiger partial charge < -0.3 is 39.9 Å². The van der Waals surface area contributed by atoms with Crippen LogP contribution < -0.4 is 0 Å². The molecule has 13 nitrogen and oxygen atoms in total. The van der Waals surface area contributed by atoms with Crippen LogP contribution in [0.4, 0.5) is 0 Å². The van der Waals surface area contributed by atoms with Crippen LogP contribution in [0.2, 0.25) is 0 Å². The van der Waals surface area contributed by atoms with Gasteiger partial charge >= 0.3 is 19.8 Å². The highest BCUT2D eigenvalue weighted by atomic mass is 31.2. The maximum Gasteiger partial charge on any atom is 0.472 e. The van der Waals surface area contributed by atoms with Crippen LogP contribution in [0.3, 0.4) is 0 Å². The number of esters is 2. The maximum atomic E-state index is 12.8. The largest absolute Gasteiger partial charge is 0.472 e. The molecule has 67 heavy (non-hydrogen) atoms. The van der Waals surface area contributed by atoms with Crippen molar-refractivity contribution in [1.29, 1.82) is 0 Å². The smallest absolute Gasteiger partial charge is 0.462 e. The normalized spacial score (nSPS) is 21.6. The van der Waals surface area contributed by atoms with Crippen molar-refractivity contribution < 1.29 is 63.1 Å². The summed E-state index contributed by atoms with van der Waals surface area (Å²) < 4.78 is 33.6. The Balaban J connectivity index is 2.39. The van der Waals surface area contributed by atoms with Crippen molar-refractivity contribution in [3.63, 3.8) is 0 Å². The van der Waals surface area contributed by atoms with Gasteiger partial charge in [-0.2, -0.15) is 0 Å². The zero-order chi connectivity index (χ0) is 49.2. The molecular weight excluding hydrogens is 876 g/mol. The summed E-state index contributed by atoms with van der Waals surface area (Å²) in [6, 6.07) is 0. The number of hydrogen-bond acceptors (Lipinski definition) is 12. The molecule has 6 N–H and O–H groups in total. The maximum absolute atomic E-state index is 12.8. The minimum Gasteiger partial charge on any atom is -0.462 e. The number of aliphatic hydroxyl groups excluding tert-OH is 5. The summed E-state index contributed by atoms with van der Waals surface area (Å²) >= 11 is 0. The van der Waals surface area contributed by atoms with Gasteiger partial charge in [-0.25, -0.2) is 4.57 Å². The fourth-order valence-corrected chi connectivity index (χ4v) is 8.75. The molecule has 388 valence electrons. The summed E-state index contributed by atoms with van der Waals surface area (Å²) in [6.07, 6.45) is 40.0. The van der Waals surface area contributed by atoms with Gasteiger partial charge in [0.15, 0.2) is 6.10 Å². The standard InChI is InChI=1S/C53H93O13P/c1-3-5-7-9-11-13-15-17-19-20-21-22-23-24-25-26-28-30-32-34-36-38-40-42-47(55)65-45(44-64-67(61,62)66-53-51(59)49(57)48(56)50(58)52(53)60)43-63-46(54)41-39-37-35-33-31-29-27-18-16-14-12-10-8-6-4-2/h6,8,10,12,14,16,18,27,34,36,45,48-53,56-60H,3-5,7,9,11,13,15,17,19-26,28-33,35,37-44H2,1-2H3,(H,61,62)/b8-6+,12-10+,16-14+,27-18+,36-34+/t45-,48?,49-,50?,51?,52?,53?/m1/s1. The molecule has 0 radical (unpaired) electrons. The monoisotopic (exact) mass is 969 g/mol. The summed E-state index contributed by atoms with van der Waals surface area (Å²) in [5, 5.41) is 50.3. The Hall–Kier alpha value is -2.45. The molecule has 0 amide bonds. The van der Waals surface area contributed by atoms with E-state index in [4.69, 9.17) is 18.5 Å². The van der Waals surface area contributed by atoms with Crippen molar-refractivity contribution in [2.24, 2.45) is 0 Å². The third-order valence-corrected chi connectivity index (χ3v) is 12.9. The third kappa shape index (κ3) is 34.5. The predicted octanol–water partition coefficient (Wildman–Crippen LogP) is 11.3.